The van der Waals surface area contributed by atoms with Gasteiger partial charge in [-0.15, -0.1) is 0 Å². The molecule has 0 aliphatic heterocycles. The Bertz CT molecular complexity index is 108. The molecule has 0 spiro atoms. The molecule has 0 heterocycles. The van der Waals surface area contributed by atoms with Crippen LogP contribution in [0.15, 0.2) is 0 Å². The van der Waals surface area contributed by atoms with E-state index in [1.54, 1.807) is 0 Å². The number of hydrogen-bond donors (Lipinski definition) is 2. The van der Waals surface area contributed by atoms with Gasteiger partial charge in [0.2, 0.25) is 0 Å². The fraction of sp³-hybridized carbons (Fsp3) is 1.00. The molecule has 0 aromatic carbocycles. The average molecular weight is 173 g/mol. The summed E-state index contributed by atoms with van der Waals surface area (Å²) >= 11 is 0. The van der Waals surface area contributed by atoms with Gasteiger partial charge in [0.05, 0.1) is 6.61 Å². The summed E-state index contributed by atoms with van der Waals surface area (Å²) in [6, 6.07) is 0. The van der Waals surface area contributed by atoms with E-state index in [9.17, 15) is 5.11 Å². The maximum absolute atomic E-state index is 9.29. The summed E-state index contributed by atoms with van der Waals surface area (Å²) in [7, 11) is 0. The quantitative estimate of drug-likeness (QED) is 0.643. The van der Waals surface area contributed by atoms with Gasteiger partial charge >= 0.3 is 0 Å². The van der Waals surface area contributed by atoms with Crippen LogP contribution in [0.25, 0.3) is 0 Å². The first kappa shape index (κ1) is 11.9. The van der Waals surface area contributed by atoms with E-state index in [-0.39, 0.29) is 12.0 Å². The Labute approximate surface area is 76.2 Å². The van der Waals surface area contributed by atoms with Crippen molar-refractivity contribution in [2.75, 3.05) is 13.2 Å². The van der Waals surface area contributed by atoms with Crippen molar-refractivity contribution in [2.45, 2.75) is 40.0 Å². The van der Waals surface area contributed by atoms with Crippen molar-refractivity contribution in [1.29, 1.82) is 0 Å². The van der Waals surface area contributed by atoms with Crippen molar-refractivity contribution < 1.29 is 5.11 Å². The van der Waals surface area contributed by atoms with Gasteiger partial charge in [0.25, 0.3) is 0 Å². The van der Waals surface area contributed by atoms with E-state index in [0.29, 0.717) is 12.5 Å². The lowest BCUT2D eigenvalue weighted by Gasteiger charge is -2.34. The van der Waals surface area contributed by atoms with E-state index in [1.807, 2.05) is 0 Å². The number of rotatable bonds is 6. The lowest BCUT2D eigenvalue weighted by molar-refractivity contribution is 0.0728. The highest BCUT2D eigenvalue weighted by molar-refractivity contribution is 4.82. The van der Waals surface area contributed by atoms with E-state index in [0.717, 1.165) is 12.8 Å². The van der Waals surface area contributed by atoms with Crippen LogP contribution in [-0.2, 0) is 0 Å². The number of aliphatic hydroxyl groups excluding tert-OH is 1. The van der Waals surface area contributed by atoms with Gasteiger partial charge in [0.1, 0.15) is 0 Å². The van der Waals surface area contributed by atoms with Gasteiger partial charge in [-0.05, 0) is 12.3 Å². The second kappa shape index (κ2) is 5.55. The molecule has 2 heteroatoms. The zero-order chi connectivity index (χ0) is 9.61. The van der Waals surface area contributed by atoms with Gasteiger partial charge in [0, 0.05) is 12.0 Å². The zero-order valence-electron chi connectivity index (χ0n) is 8.64. The maximum Gasteiger partial charge on any atom is 0.0501 e. The van der Waals surface area contributed by atoms with Crippen LogP contribution in [0.2, 0.25) is 0 Å². The maximum atomic E-state index is 9.29. The van der Waals surface area contributed by atoms with E-state index in [4.69, 9.17) is 5.73 Å². The molecule has 12 heavy (non-hydrogen) atoms. The van der Waals surface area contributed by atoms with Crippen molar-refractivity contribution in [1.82, 2.24) is 0 Å². The number of hydrogen-bond acceptors (Lipinski definition) is 2. The largest absolute Gasteiger partial charge is 0.396 e. The van der Waals surface area contributed by atoms with Crippen LogP contribution >= 0.6 is 0 Å². The average Bonchev–Trinajstić information content (AvgIpc) is 2.07. The Morgan fingerprint density at radius 2 is 2.00 bits per heavy atom. The molecule has 0 bridgehead atoms. The molecule has 0 saturated heterocycles. The molecule has 0 aliphatic rings. The van der Waals surface area contributed by atoms with E-state index in [2.05, 4.69) is 20.8 Å². The van der Waals surface area contributed by atoms with Gasteiger partial charge in [-0.25, -0.2) is 0 Å². The summed E-state index contributed by atoms with van der Waals surface area (Å²) in [5.41, 5.74) is 5.67. The van der Waals surface area contributed by atoms with Crippen molar-refractivity contribution >= 4 is 0 Å². The van der Waals surface area contributed by atoms with Crippen LogP contribution in [0.5, 0.6) is 0 Å². The molecule has 0 radical (unpaired) electrons. The topological polar surface area (TPSA) is 46.2 Å². The monoisotopic (exact) mass is 173 g/mol. The Kier molecular flexibility index (Phi) is 5.51. The fourth-order valence-electron chi connectivity index (χ4n) is 1.48. The molecule has 1 atom stereocenters. The van der Waals surface area contributed by atoms with Crippen LogP contribution in [0.3, 0.4) is 0 Å². The second-order valence-corrected chi connectivity index (χ2v) is 3.98. The molecule has 0 fully saturated rings. The standard InChI is InChI=1S/C10H23NO/c1-4-5-6-10(7-11,8-12)9(2)3/h9,12H,4-8,11H2,1-3H3. The highest BCUT2D eigenvalue weighted by Gasteiger charge is 2.30. The van der Waals surface area contributed by atoms with E-state index in [1.165, 1.54) is 6.42 Å². The third kappa shape index (κ3) is 2.76. The summed E-state index contributed by atoms with van der Waals surface area (Å²) in [4.78, 5) is 0. The number of aliphatic hydroxyl groups is 1. The molecule has 0 aromatic heterocycles. The summed E-state index contributed by atoms with van der Waals surface area (Å²) in [5, 5.41) is 9.29. The summed E-state index contributed by atoms with van der Waals surface area (Å²) in [6.45, 7) is 7.26. The Balaban J connectivity index is 4.15. The van der Waals surface area contributed by atoms with Crippen LogP contribution in [0.1, 0.15) is 40.0 Å². The second-order valence-electron chi connectivity index (χ2n) is 3.98. The molecule has 0 saturated carbocycles. The third-order valence-electron chi connectivity index (χ3n) is 2.97. The normalized spacial score (nSPS) is 16.5. The van der Waals surface area contributed by atoms with Gasteiger partial charge in [-0.3, -0.25) is 0 Å². The van der Waals surface area contributed by atoms with Gasteiger partial charge in [0.15, 0.2) is 0 Å². The fourth-order valence-corrected chi connectivity index (χ4v) is 1.48. The number of unbranched alkanes of at least 4 members (excludes halogenated alkanes) is 1. The highest BCUT2D eigenvalue weighted by atomic mass is 16.3. The molecule has 2 nitrogen and oxygen atoms in total. The van der Waals surface area contributed by atoms with Crippen molar-refractivity contribution in [3.63, 3.8) is 0 Å². The van der Waals surface area contributed by atoms with E-state index < -0.39 is 0 Å². The molecule has 0 aromatic rings. The Morgan fingerprint density at radius 3 is 2.25 bits per heavy atom. The summed E-state index contributed by atoms with van der Waals surface area (Å²) in [5.74, 6) is 0.471. The van der Waals surface area contributed by atoms with Crippen LogP contribution in [0, 0.1) is 11.3 Å². The SMILES string of the molecule is CCCCC(CN)(CO)C(C)C. The summed E-state index contributed by atoms with van der Waals surface area (Å²) in [6.07, 6.45) is 3.39. The van der Waals surface area contributed by atoms with Gasteiger partial charge in [-0.1, -0.05) is 33.6 Å². The first-order valence-corrected chi connectivity index (χ1v) is 4.94. The van der Waals surface area contributed by atoms with Crippen molar-refractivity contribution in [3.8, 4) is 0 Å². The molecule has 74 valence electrons. The minimum absolute atomic E-state index is 0.0317. The molecular weight excluding hydrogens is 150 g/mol. The smallest absolute Gasteiger partial charge is 0.0501 e. The molecule has 3 N–H and O–H groups in total. The lowest BCUT2D eigenvalue weighted by atomic mass is 9.74. The highest BCUT2D eigenvalue weighted by Crippen LogP contribution is 2.31. The van der Waals surface area contributed by atoms with E-state index >= 15 is 0 Å². The minimum Gasteiger partial charge on any atom is -0.396 e. The predicted octanol–water partition coefficient (Wildman–Crippen LogP) is 1.77. The van der Waals surface area contributed by atoms with Gasteiger partial charge in [-0.2, -0.15) is 0 Å². The van der Waals surface area contributed by atoms with Crippen LogP contribution in [0.4, 0.5) is 0 Å². The van der Waals surface area contributed by atoms with Gasteiger partial charge < -0.3 is 10.8 Å². The predicted molar refractivity (Wildman–Crippen MR) is 52.9 cm³/mol. The van der Waals surface area contributed by atoms with Crippen molar-refractivity contribution in [2.24, 2.45) is 17.1 Å². The third-order valence-corrected chi connectivity index (χ3v) is 2.97. The zero-order valence-corrected chi connectivity index (χ0v) is 8.64. The Hall–Kier alpha value is -0.0800. The first-order valence-electron chi connectivity index (χ1n) is 4.94. The lowest BCUT2D eigenvalue weighted by Crippen LogP contribution is -2.39. The minimum atomic E-state index is -0.0317. The van der Waals surface area contributed by atoms with Crippen molar-refractivity contribution in [3.05, 3.63) is 0 Å². The van der Waals surface area contributed by atoms with Crippen LogP contribution < -0.4 is 5.73 Å². The number of nitrogens with two attached hydrogens (primary N) is 1. The molecule has 0 rings (SSSR count). The molecule has 0 aliphatic carbocycles. The molecule has 0 amide bonds. The molecule has 1 unspecified atom stereocenters. The van der Waals surface area contributed by atoms with Crippen LogP contribution in [-0.4, -0.2) is 18.3 Å². The summed E-state index contributed by atoms with van der Waals surface area (Å²) < 4.78 is 0. The first-order chi connectivity index (χ1) is 5.63. The Morgan fingerprint density at radius 1 is 1.42 bits per heavy atom. The molecular formula is C10H23NO.